The van der Waals surface area contributed by atoms with Crippen LogP contribution in [0.3, 0.4) is 0 Å². The molecule has 64 valence electrons. The summed E-state index contributed by atoms with van der Waals surface area (Å²) in [5.41, 5.74) is 0.305. The molecule has 0 saturated heterocycles. The Balaban J connectivity index is 3.51. The van der Waals surface area contributed by atoms with Crippen molar-refractivity contribution in [2.24, 2.45) is 0 Å². The van der Waals surface area contributed by atoms with E-state index in [-0.39, 0.29) is 10.6 Å². The van der Waals surface area contributed by atoms with Crippen LogP contribution in [0, 0.1) is 12.7 Å². The molecule has 0 saturated carbocycles. The Morgan fingerprint density at radius 2 is 2.25 bits per heavy atom. The van der Waals surface area contributed by atoms with E-state index < -0.39 is 5.82 Å². The minimum absolute atomic E-state index is 0.0858. The average Bonchev–Trinajstić information content (AvgIpc) is 2.01. The van der Waals surface area contributed by atoms with E-state index in [2.05, 4.69) is 15.9 Å². The van der Waals surface area contributed by atoms with E-state index in [0.29, 0.717) is 16.3 Å². The highest BCUT2D eigenvalue weighted by molar-refractivity contribution is 9.10. The highest BCUT2D eigenvalue weighted by Gasteiger charge is 2.11. The summed E-state index contributed by atoms with van der Waals surface area (Å²) >= 11 is 8.73. The number of carbonyl (C=O) groups excluding carboxylic acids is 1. The second-order valence-corrected chi connectivity index (χ2v) is 3.57. The Morgan fingerprint density at radius 1 is 1.67 bits per heavy atom. The number of carbonyl (C=O) groups is 1. The lowest BCUT2D eigenvalue weighted by atomic mass is 10.1. The molecule has 0 aliphatic rings. The number of benzene rings is 1. The molecule has 1 rings (SSSR count). The van der Waals surface area contributed by atoms with Crippen molar-refractivity contribution in [1.29, 1.82) is 0 Å². The molecule has 0 unspecified atom stereocenters. The lowest BCUT2D eigenvalue weighted by Crippen LogP contribution is -1.93. The third-order valence-electron chi connectivity index (χ3n) is 1.55. The summed E-state index contributed by atoms with van der Waals surface area (Å²) in [6.45, 7) is 1.57. The van der Waals surface area contributed by atoms with E-state index in [1.807, 2.05) is 0 Å². The smallest absolute Gasteiger partial charge is 0.154 e. The highest BCUT2D eigenvalue weighted by Crippen LogP contribution is 2.27. The highest BCUT2D eigenvalue weighted by atomic mass is 79.9. The van der Waals surface area contributed by atoms with Gasteiger partial charge in [0, 0.05) is 4.47 Å². The largest absolute Gasteiger partial charge is 0.298 e. The fourth-order valence-corrected chi connectivity index (χ4v) is 1.59. The Kier molecular flexibility index (Phi) is 2.85. The average molecular weight is 251 g/mol. The molecule has 0 aliphatic carbocycles. The summed E-state index contributed by atoms with van der Waals surface area (Å²) in [6.07, 6.45) is 0.414. The summed E-state index contributed by atoms with van der Waals surface area (Å²) in [5.74, 6) is -0.565. The number of hydrogen-bond donors (Lipinski definition) is 0. The van der Waals surface area contributed by atoms with Crippen LogP contribution in [0.5, 0.6) is 0 Å². The van der Waals surface area contributed by atoms with Crippen LogP contribution in [0.1, 0.15) is 15.9 Å². The molecule has 0 aromatic heterocycles. The van der Waals surface area contributed by atoms with Crippen molar-refractivity contribution in [3.05, 3.63) is 32.5 Å². The van der Waals surface area contributed by atoms with Crippen LogP contribution >= 0.6 is 27.5 Å². The normalized spacial score (nSPS) is 10.0. The fourth-order valence-electron chi connectivity index (χ4n) is 0.817. The van der Waals surface area contributed by atoms with Gasteiger partial charge in [-0.3, -0.25) is 4.79 Å². The minimum Gasteiger partial charge on any atom is -0.298 e. The summed E-state index contributed by atoms with van der Waals surface area (Å²) in [6, 6.07) is 1.50. The van der Waals surface area contributed by atoms with E-state index in [1.54, 1.807) is 6.92 Å². The maximum atomic E-state index is 13.2. The number of rotatable bonds is 1. The van der Waals surface area contributed by atoms with Crippen LogP contribution in [-0.4, -0.2) is 6.29 Å². The first-order valence-corrected chi connectivity index (χ1v) is 4.34. The zero-order valence-electron chi connectivity index (χ0n) is 6.20. The van der Waals surface area contributed by atoms with Crippen molar-refractivity contribution in [3.8, 4) is 0 Å². The van der Waals surface area contributed by atoms with Gasteiger partial charge in [0.1, 0.15) is 5.82 Å². The Morgan fingerprint density at radius 3 is 2.75 bits per heavy atom. The van der Waals surface area contributed by atoms with Crippen molar-refractivity contribution in [2.45, 2.75) is 6.92 Å². The van der Waals surface area contributed by atoms with Gasteiger partial charge < -0.3 is 0 Å². The summed E-state index contributed by atoms with van der Waals surface area (Å²) in [4.78, 5) is 10.4. The van der Waals surface area contributed by atoms with E-state index >= 15 is 0 Å². The second kappa shape index (κ2) is 3.54. The third kappa shape index (κ3) is 1.52. The molecule has 12 heavy (non-hydrogen) atoms. The Bertz CT molecular complexity index is 338. The number of halogens is 3. The van der Waals surface area contributed by atoms with E-state index in [0.717, 1.165) is 0 Å². The van der Waals surface area contributed by atoms with Crippen molar-refractivity contribution in [2.75, 3.05) is 0 Å². The van der Waals surface area contributed by atoms with Gasteiger partial charge in [-0.05, 0) is 18.6 Å². The molecule has 0 radical (unpaired) electrons. The van der Waals surface area contributed by atoms with Gasteiger partial charge in [0.15, 0.2) is 6.29 Å². The SMILES string of the molecule is Cc1c(Br)cc(Cl)c(C=O)c1F. The monoisotopic (exact) mass is 250 g/mol. The quantitative estimate of drug-likeness (QED) is 0.700. The zero-order valence-corrected chi connectivity index (χ0v) is 8.54. The van der Waals surface area contributed by atoms with Crippen LogP contribution in [0.4, 0.5) is 4.39 Å². The van der Waals surface area contributed by atoms with Gasteiger partial charge in [0.05, 0.1) is 10.6 Å². The molecule has 1 nitrogen and oxygen atoms in total. The topological polar surface area (TPSA) is 17.1 Å². The number of aldehydes is 1. The van der Waals surface area contributed by atoms with Crippen LogP contribution in [0.25, 0.3) is 0 Å². The maximum Gasteiger partial charge on any atom is 0.154 e. The molecule has 1 aromatic rings. The van der Waals surface area contributed by atoms with E-state index in [1.165, 1.54) is 6.07 Å². The van der Waals surface area contributed by atoms with Crippen molar-refractivity contribution >= 4 is 33.8 Å². The molecule has 4 heteroatoms. The molecular weight excluding hydrogens is 246 g/mol. The molecule has 0 aliphatic heterocycles. The van der Waals surface area contributed by atoms with Crippen molar-refractivity contribution in [3.63, 3.8) is 0 Å². The summed E-state index contributed by atoms with van der Waals surface area (Å²) in [5, 5.41) is 0.125. The van der Waals surface area contributed by atoms with E-state index in [4.69, 9.17) is 11.6 Å². The first-order valence-electron chi connectivity index (χ1n) is 3.17. The Hall–Kier alpha value is -0.410. The van der Waals surface area contributed by atoms with Crippen LogP contribution < -0.4 is 0 Å². The molecular formula is C8H5BrClFO. The van der Waals surface area contributed by atoms with Crippen molar-refractivity contribution < 1.29 is 9.18 Å². The second-order valence-electron chi connectivity index (χ2n) is 2.31. The maximum absolute atomic E-state index is 13.2. The summed E-state index contributed by atoms with van der Waals surface area (Å²) in [7, 11) is 0. The molecule has 1 aromatic carbocycles. The van der Waals surface area contributed by atoms with Gasteiger partial charge in [0.25, 0.3) is 0 Å². The van der Waals surface area contributed by atoms with Gasteiger partial charge >= 0.3 is 0 Å². The Labute approximate surface area is 82.7 Å². The van der Waals surface area contributed by atoms with Gasteiger partial charge in [-0.2, -0.15) is 0 Å². The first-order chi connectivity index (χ1) is 5.57. The molecule has 0 atom stereocenters. The van der Waals surface area contributed by atoms with Gasteiger partial charge in [0.2, 0.25) is 0 Å². The fraction of sp³-hybridized carbons (Fsp3) is 0.125. The molecule has 0 N–H and O–H groups in total. The third-order valence-corrected chi connectivity index (χ3v) is 2.69. The molecule has 0 bridgehead atoms. The standard InChI is InChI=1S/C8H5BrClFO/c1-4-6(9)2-7(10)5(3-12)8(4)11/h2-3H,1H3. The minimum atomic E-state index is -0.565. The zero-order chi connectivity index (χ0) is 9.30. The molecule has 0 spiro atoms. The van der Waals surface area contributed by atoms with Gasteiger partial charge in [-0.25, -0.2) is 4.39 Å². The van der Waals surface area contributed by atoms with Crippen LogP contribution in [0.15, 0.2) is 10.5 Å². The lowest BCUT2D eigenvalue weighted by molar-refractivity contribution is 0.112. The summed E-state index contributed by atoms with van der Waals surface area (Å²) < 4.78 is 13.7. The van der Waals surface area contributed by atoms with Crippen LogP contribution in [-0.2, 0) is 0 Å². The predicted molar refractivity (Wildman–Crippen MR) is 49.2 cm³/mol. The van der Waals surface area contributed by atoms with Crippen LogP contribution in [0.2, 0.25) is 5.02 Å². The van der Waals surface area contributed by atoms with Crippen molar-refractivity contribution in [1.82, 2.24) is 0 Å². The predicted octanol–water partition coefficient (Wildman–Crippen LogP) is 3.36. The molecule has 0 amide bonds. The first kappa shape index (κ1) is 9.68. The van der Waals surface area contributed by atoms with Gasteiger partial charge in [-0.1, -0.05) is 27.5 Å². The molecule has 0 fully saturated rings. The lowest BCUT2D eigenvalue weighted by Gasteiger charge is -2.03. The van der Waals surface area contributed by atoms with E-state index in [9.17, 15) is 9.18 Å². The van der Waals surface area contributed by atoms with Gasteiger partial charge in [-0.15, -0.1) is 0 Å². The molecule has 0 heterocycles. The number of hydrogen-bond acceptors (Lipinski definition) is 1.